The lowest BCUT2D eigenvalue weighted by molar-refractivity contribution is -0.118. The van der Waals surface area contributed by atoms with Crippen LogP contribution in [0.25, 0.3) is 0 Å². The summed E-state index contributed by atoms with van der Waals surface area (Å²) in [5, 5.41) is 11.3. The monoisotopic (exact) mass is 240 g/mol. The maximum Gasteiger partial charge on any atom is 0.230 e. The van der Waals surface area contributed by atoms with Crippen LogP contribution in [0.3, 0.4) is 0 Å². The summed E-state index contributed by atoms with van der Waals surface area (Å²) in [5.41, 5.74) is 0. The second-order valence-corrected chi connectivity index (χ2v) is 4.44. The number of aromatic nitrogens is 3. The molecule has 0 aromatic carbocycles. The zero-order chi connectivity index (χ0) is 12.0. The van der Waals surface area contributed by atoms with Crippen molar-refractivity contribution in [2.24, 2.45) is 0 Å². The van der Waals surface area contributed by atoms with Crippen LogP contribution in [0, 0.1) is 0 Å². The Bertz CT molecular complexity index is 361. The van der Waals surface area contributed by atoms with Crippen LogP contribution in [0.4, 0.5) is 0 Å². The molecule has 0 aliphatic heterocycles. The van der Waals surface area contributed by atoms with Crippen LogP contribution in [-0.2, 0) is 4.79 Å². The molecule has 6 heteroatoms. The van der Waals surface area contributed by atoms with Crippen molar-refractivity contribution in [2.75, 3.05) is 12.3 Å². The van der Waals surface area contributed by atoms with Gasteiger partial charge < -0.3 is 9.88 Å². The summed E-state index contributed by atoms with van der Waals surface area (Å²) >= 11 is 1.38. The molecule has 0 saturated carbocycles. The molecule has 0 bridgehead atoms. The van der Waals surface area contributed by atoms with E-state index in [2.05, 4.69) is 22.1 Å². The number of hydrogen-bond donors (Lipinski definition) is 1. The lowest BCUT2D eigenvalue weighted by Gasteiger charge is -2.08. The van der Waals surface area contributed by atoms with Crippen molar-refractivity contribution in [3.8, 4) is 0 Å². The van der Waals surface area contributed by atoms with Gasteiger partial charge in [0.05, 0.1) is 5.75 Å². The van der Waals surface area contributed by atoms with E-state index >= 15 is 0 Å². The quantitative estimate of drug-likeness (QED) is 0.600. The third kappa shape index (κ3) is 3.69. The van der Waals surface area contributed by atoms with Crippen LogP contribution in [-0.4, -0.2) is 33.0 Å². The predicted octanol–water partition coefficient (Wildman–Crippen LogP) is 1.25. The Labute approximate surface area is 99.3 Å². The molecular weight excluding hydrogens is 224 g/mol. The molecule has 0 spiro atoms. The Morgan fingerprint density at radius 1 is 1.75 bits per heavy atom. The molecule has 88 valence electrons. The second-order valence-electron chi connectivity index (χ2n) is 3.50. The first kappa shape index (κ1) is 12.8. The molecule has 5 nitrogen and oxygen atoms in total. The number of carbonyl (C=O) groups excluding carboxylic acids is 1. The van der Waals surface area contributed by atoms with E-state index < -0.39 is 0 Å². The number of thioether (sulfide) groups is 1. The van der Waals surface area contributed by atoms with E-state index in [1.807, 2.05) is 18.4 Å². The second kappa shape index (κ2) is 6.32. The summed E-state index contributed by atoms with van der Waals surface area (Å²) in [4.78, 5) is 11.3. The van der Waals surface area contributed by atoms with E-state index in [1.165, 1.54) is 11.8 Å². The normalized spacial score (nSPS) is 10.4. The summed E-state index contributed by atoms with van der Waals surface area (Å²) in [6, 6.07) is 0.300. The maximum absolute atomic E-state index is 11.3. The first-order valence-electron chi connectivity index (χ1n) is 5.05. The fraction of sp³-hybridized carbons (Fsp3) is 0.500. The highest BCUT2D eigenvalue weighted by atomic mass is 32.2. The molecule has 1 heterocycles. The molecule has 0 saturated heterocycles. The Balaban J connectivity index is 2.45. The number of nitrogens with one attached hydrogen (secondary N) is 1. The standard InChI is InChI=1S/C10H16N4OS/c1-4-5-11-9(15)6-16-10-13-12-7-14(10)8(2)3/h4,7-8H,1,5-6H2,2-3H3,(H,11,15). The van der Waals surface area contributed by atoms with Crippen LogP contribution < -0.4 is 5.32 Å². The van der Waals surface area contributed by atoms with Crippen LogP contribution >= 0.6 is 11.8 Å². The van der Waals surface area contributed by atoms with Crippen molar-refractivity contribution < 1.29 is 4.79 Å². The van der Waals surface area contributed by atoms with E-state index in [1.54, 1.807) is 12.4 Å². The third-order valence-electron chi connectivity index (χ3n) is 1.87. The van der Waals surface area contributed by atoms with Gasteiger partial charge in [-0.15, -0.1) is 16.8 Å². The van der Waals surface area contributed by atoms with Crippen LogP contribution in [0.5, 0.6) is 0 Å². The van der Waals surface area contributed by atoms with Crippen molar-refractivity contribution in [3.63, 3.8) is 0 Å². The van der Waals surface area contributed by atoms with Gasteiger partial charge in [-0.1, -0.05) is 17.8 Å². The molecule has 1 aromatic rings. The highest BCUT2D eigenvalue weighted by molar-refractivity contribution is 7.99. The SMILES string of the molecule is C=CCNC(=O)CSc1nncn1C(C)C. The fourth-order valence-corrected chi connectivity index (χ4v) is 1.93. The summed E-state index contributed by atoms with van der Waals surface area (Å²) in [7, 11) is 0. The molecule has 1 aromatic heterocycles. The molecule has 0 atom stereocenters. The van der Waals surface area contributed by atoms with Gasteiger partial charge in [0.25, 0.3) is 0 Å². The Kier molecular flexibility index (Phi) is 5.04. The molecule has 0 fully saturated rings. The molecule has 1 rings (SSSR count). The minimum atomic E-state index is -0.0248. The topological polar surface area (TPSA) is 59.8 Å². The lowest BCUT2D eigenvalue weighted by Crippen LogP contribution is -2.25. The average Bonchev–Trinajstić information content (AvgIpc) is 2.71. The number of rotatable bonds is 6. The van der Waals surface area contributed by atoms with Gasteiger partial charge in [-0.2, -0.15) is 0 Å². The third-order valence-corrected chi connectivity index (χ3v) is 2.83. The maximum atomic E-state index is 11.3. The van der Waals surface area contributed by atoms with Gasteiger partial charge in [0.2, 0.25) is 5.91 Å². The number of amides is 1. The molecule has 0 radical (unpaired) electrons. The number of nitrogens with zero attached hydrogens (tertiary/aromatic N) is 3. The van der Waals surface area contributed by atoms with E-state index in [9.17, 15) is 4.79 Å². The summed E-state index contributed by atoms with van der Waals surface area (Å²) in [6.45, 7) is 8.12. The summed E-state index contributed by atoms with van der Waals surface area (Å²) in [5.74, 6) is 0.322. The predicted molar refractivity (Wildman–Crippen MR) is 64.3 cm³/mol. The molecule has 1 N–H and O–H groups in total. The van der Waals surface area contributed by atoms with Gasteiger partial charge in [-0.05, 0) is 13.8 Å². The van der Waals surface area contributed by atoms with Crippen molar-refractivity contribution in [3.05, 3.63) is 19.0 Å². The van der Waals surface area contributed by atoms with E-state index in [0.29, 0.717) is 18.3 Å². The van der Waals surface area contributed by atoms with Crippen LogP contribution in [0.15, 0.2) is 24.1 Å². The average molecular weight is 240 g/mol. The van der Waals surface area contributed by atoms with E-state index in [0.717, 1.165) is 5.16 Å². The summed E-state index contributed by atoms with van der Waals surface area (Å²) < 4.78 is 1.94. The molecular formula is C10H16N4OS. The summed E-state index contributed by atoms with van der Waals surface area (Å²) in [6.07, 6.45) is 3.33. The highest BCUT2D eigenvalue weighted by Crippen LogP contribution is 2.18. The smallest absolute Gasteiger partial charge is 0.230 e. The van der Waals surface area contributed by atoms with Crippen molar-refractivity contribution >= 4 is 17.7 Å². The first-order valence-corrected chi connectivity index (χ1v) is 6.03. The number of hydrogen-bond acceptors (Lipinski definition) is 4. The largest absolute Gasteiger partial charge is 0.352 e. The Morgan fingerprint density at radius 2 is 2.50 bits per heavy atom. The van der Waals surface area contributed by atoms with Gasteiger partial charge in [-0.25, -0.2) is 0 Å². The molecule has 16 heavy (non-hydrogen) atoms. The van der Waals surface area contributed by atoms with Gasteiger partial charge in [0.15, 0.2) is 5.16 Å². The van der Waals surface area contributed by atoms with Gasteiger partial charge in [0.1, 0.15) is 6.33 Å². The van der Waals surface area contributed by atoms with E-state index in [-0.39, 0.29) is 5.91 Å². The zero-order valence-electron chi connectivity index (χ0n) is 9.51. The van der Waals surface area contributed by atoms with Crippen molar-refractivity contribution in [1.29, 1.82) is 0 Å². The Hall–Kier alpha value is -1.30. The van der Waals surface area contributed by atoms with E-state index in [4.69, 9.17) is 0 Å². The Morgan fingerprint density at radius 3 is 3.12 bits per heavy atom. The fourth-order valence-electron chi connectivity index (χ4n) is 1.06. The minimum absolute atomic E-state index is 0.0248. The number of carbonyl (C=O) groups is 1. The first-order chi connectivity index (χ1) is 7.65. The van der Waals surface area contributed by atoms with Gasteiger partial charge in [0, 0.05) is 12.6 Å². The molecule has 1 amide bonds. The van der Waals surface area contributed by atoms with Gasteiger partial charge >= 0.3 is 0 Å². The van der Waals surface area contributed by atoms with Crippen molar-refractivity contribution in [2.45, 2.75) is 25.0 Å². The zero-order valence-corrected chi connectivity index (χ0v) is 10.3. The van der Waals surface area contributed by atoms with Crippen LogP contribution in [0.2, 0.25) is 0 Å². The highest BCUT2D eigenvalue weighted by Gasteiger charge is 2.09. The molecule has 0 aliphatic rings. The minimum Gasteiger partial charge on any atom is -0.352 e. The van der Waals surface area contributed by atoms with Crippen LogP contribution in [0.1, 0.15) is 19.9 Å². The van der Waals surface area contributed by atoms with Gasteiger partial charge in [-0.3, -0.25) is 4.79 Å². The molecule has 0 aliphatic carbocycles. The lowest BCUT2D eigenvalue weighted by atomic mass is 10.4. The molecule has 0 unspecified atom stereocenters. The van der Waals surface area contributed by atoms with Crippen molar-refractivity contribution in [1.82, 2.24) is 20.1 Å².